The summed E-state index contributed by atoms with van der Waals surface area (Å²) in [7, 11) is 0. The van der Waals surface area contributed by atoms with Gasteiger partial charge in [0.05, 0.1) is 5.69 Å². The molecule has 0 amide bonds. The van der Waals surface area contributed by atoms with E-state index in [0.717, 1.165) is 13.1 Å². The summed E-state index contributed by atoms with van der Waals surface area (Å²) in [5.74, 6) is 0. The molecule has 3 nitrogen and oxygen atoms in total. The highest BCUT2D eigenvalue weighted by atomic mass is 15.3. The van der Waals surface area contributed by atoms with E-state index in [2.05, 4.69) is 34.6 Å². The van der Waals surface area contributed by atoms with Gasteiger partial charge in [-0.2, -0.15) is 5.10 Å². The van der Waals surface area contributed by atoms with Crippen molar-refractivity contribution in [1.29, 1.82) is 0 Å². The normalized spacial score (nSPS) is 19.1. The third-order valence-electron chi connectivity index (χ3n) is 2.97. The number of hydrogen-bond donors (Lipinski definition) is 0. The number of fused-ring (bicyclic) bond motifs is 1. The van der Waals surface area contributed by atoms with Crippen molar-refractivity contribution in [3.8, 4) is 0 Å². The first-order chi connectivity index (χ1) is 6.77. The summed E-state index contributed by atoms with van der Waals surface area (Å²) in [4.78, 5) is 2.52. The maximum absolute atomic E-state index is 4.34. The van der Waals surface area contributed by atoms with Crippen LogP contribution in [0.15, 0.2) is 12.3 Å². The van der Waals surface area contributed by atoms with Gasteiger partial charge in [-0.05, 0) is 39.3 Å². The van der Waals surface area contributed by atoms with Crippen LogP contribution >= 0.6 is 0 Å². The van der Waals surface area contributed by atoms with Gasteiger partial charge >= 0.3 is 0 Å². The Morgan fingerprint density at radius 3 is 2.86 bits per heavy atom. The third kappa shape index (κ3) is 1.98. The summed E-state index contributed by atoms with van der Waals surface area (Å²) in [6.07, 6.45) is 4.45. The first-order valence-corrected chi connectivity index (χ1v) is 5.52. The molecule has 0 unspecified atom stereocenters. The monoisotopic (exact) mass is 193 g/mol. The Morgan fingerprint density at radius 1 is 1.29 bits per heavy atom. The van der Waals surface area contributed by atoms with E-state index in [1.807, 2.05) is 6.20 Å². The van der Waals surface area contributed by atoms with Gasteiger partial charge in [0.2, 0.25) is 0 Å². The molecule has 0 N–H and O–H groups in total. The van der Waals surface area contributed by atoms with Crippen molar-refractivity contribution >= 4 is 0 Å². The Bertz CT molecular complexity index is 290. The first kappa shape index (κ1) is 9.71. The van der Waals surface area contributed by atoms with Crippen molar-refractivity contribution in [1.82, 2.24) is 14.7 Å². The topological polar surface area (TPSA) is 21.1 Å². The predicted molar refractivity (Wildman–Crippen MR) is 57.0 cm³/mol. The zero-order valence-corrected chi connectivity index (χ0v) is 9.11. The van der Waals surface area contributed by atoms with Gasteiger partial charge in [-0.3, -0.25) is 9.58 Å². The van der Waals surface area contributed by atoms with Gasteiger partial charge in [0.25, 0.3) is 0 Å². The highest BCUT2D eigenvalue weighted by Crippen LogP contribution is 2.13. The Labute approximate surface area is 85.7 Å². The second-order valence-corrected chi connectivity index (χ2v) is 4.32. The van der Waals surface area contributed by atoms with Gasteiger partial charge in [0.15, 0.2) is 0 Å². The second-order valence-electron chi connectivity index (χ2n) is 4.32. The van der Waals surface area contributed by atoms with Crippen LogP contribution in [-0.4, -0.2) is 27.3 Å². The molecule has 0 spiro atoms. The minimum absolute atomic E-state index is 0.636. The predicted octanol–water partition coefficient (Wildman–Crippen LogP) is 1.89. The molecule has 2 heterocycles. The lowest BCUT2D eigenvalue weighted by Crippen LogP contribution is -2.33. The SMILES string of the molecule is CC(C)N1CCCCn2nccc2C1. The van der Waals surface area contributed by atoms with Crippen LogP contribution in [0, 0.1) is 0 Å². The lowest BCUT2D eigenvalue weighted by atomic mass is 10.2. The molecule has 0 bridgehead atoms. The fraction of sp³-hybridized carbons (Fsp3) is 0.727. The molecule has 14 heavy (non-hydrogen) atoms. The highest BCUT2D eigenvalue weighted by Gasteiger charge is 2.14. The number of nitrogens with zero attached hydrogens (tertiary/aromatic N) is 3. The van der Waals surface area contributed by atoms with Crippen LogP contribution in [0.25, 0.3) is 0 Å². The molecule has 1 aromatic heterocycles. The minimum Gasteiger partial charge on any atom is -0.295 e. The van der Waals surface area contributed by atoms with Gasteiger partial charge in [-0.15, -0.1) is 0 Å². The summed E-state index contributed by atoms with van der Waals surface area (Å²) in [6.45, 7) is 7.90. The van der Waals surface area contributed by atoms with Crippen LogP contribution in [0.3, 0.4) is 0 Å². The number of hydrogen-bond acceptors (Lipinski definition) is 2. The van der Waals surface area contributed by atoms with Crippen LogP contribution in [0.4, 0.5) is 0 Å². The van der Waals surface area contributed by atoms with Crippen molar-refractivity contribution in [2.24, 2.45) is 0 Å². The molecule has 0 fully saturated rings. The zero-order chi connectivity index (χ0) is 9.97. The van der Waals surface area contributed by atoms with E-state index in [1.165, 1.54) is 25.1 Å². The van der Waals surface area contributed by atoms with E-state index in [4.69, 9.17) is 0 Å². The second kappa shape index (κ2) is 4.13. The van der Waals surface area contributed by atoms with Gasteiger partial charge in [-0.25, -0.2) is 0 Å². The fourth-order valence-electron chi connectivity index (χ4n) is 2.00. The van der Waals surface area contributed by atoms with Crippen molar-refractivity contribution < 1.29 is 0 Å². The van der Waals surface area contributed by atoms with Crippen LogP contribution in [0.2, 0.25) is 0 Å². The molecule has 0 aromatic carbocycles. The van der Waals surface area contributed by atoms with E-state index < -0.39 is 0 Å². The van der Waals surface area contributed by atoms with Crippen molar-refractivity contribution in [3.63, 3.8) is 0 Å². The first-order valence-electron chi connectivity index (χ1n) is 5.52. The van der Waals surface area contributed by atoms with E-state index in [1.54, 1.807) is 0 Å². The smallest absolute Gasteiger partial charge is 0.0524 e. The summed E-state index contributed by atoms with van der Waals surface area (Å²) in [5, 5.41) is 4.34. The van der Waals surface area contributed by atoms with Gasteiger partial charge < -0.3 is 0 Å². The van der Waals surface area contributed by atoms with Crippen LogP contribution in [-0.2, 0) is 13.1 Å². The molecule has 0 saturated carbocycles. The van der Waals surface area contributed by atoms with E-state index in [-0.39, 0.29) is 0 Å². The van der Waals surface area contributed by atoms with Crippen LogP contribution < -0.4 is 0 Å². The average Bonchev–Trinajstić information content (AvgIpc) is 2.50. The Balaban J connectivity index is 2.15. The largest absolute Gasteiger partial charge is 0.295 e. The molecular weight excluding hydrogens is 174 g/mol. The molecular formula is C11H19N3. The Kier molecular flexibility index (Phi) is 2.87. The molecule has 78 valence electrons. The third-order valence-corrected chi connectivity index (χ3v) is 2.97. The molecule has 2 rings (SSSR count). The highest BCUT2D eigenvalue weighted by molar-refractivity contribution is 5.01. The molecule has 3 heteroatoms. The van der Waals surface area contributed by atoms with Crippen molar-refractivity contribution in [2.45, 2.75) is 45.8 Å². The Hall–Kier alpha value is -0.830. The summed E-state index contributed by atoms with van der Waals surface area (Å²) in [6, 6.07) is 2.78. The minimum atomic E-state index is 0.636. The van der Waals surface area contributed by atoms with Crippen molar-refractivity contribution in [3.05, 3.63) is 18.0 Å². The number of aryl methyl sites for hydroxylation is 1. The maximum atomic E-state index is 4.34. The lowest BCUT2D eigenvalue weighted by molar-refractivity contribution is 0.191. The van der Waals surface area contributed by atoms with Crippen molar-refractivity contribution in [2.75, 3.05) is 6.54 Å². The summed E-state index contributed by atoms with van der Waals surface area (Å²) < 4.78 is 2.15. The van der Waals surface area contributed by atoms with Crippen LogP contribution in [0.5, 0.6) is 0 Å². The lowest BCUT2D eigenvalue weighted by Gasteiger charge is -2.28. The molecule has 0 atom stereocenters. The molecule has 1 aromatic rings. The summed E-state index contributed by atoms with van der Waals surface area (Å²) >= 11 is 0. The molecule has 0 aliphatic carbocycles. The molecule has 1 aliphatic rings. The zero-order valence-electron chi connectivity index (χ0n) is 9.11. The fourth-order valence-corrected chi connectivity index (χ4v) is 2.00. The summed E-state index contributed by atoms with van der Waals surface area (Å²) in [5.41, 5.74) is 1.36. The average molecular weight is 193 g/mol. The van der Waals surface area contributed by atoms with Crippen LogP contribution in [0.1, 0.15) is 32.4 Å². The van der Waals surface area contributed by atoms with Gasteiger partial charge in [0, 0.05) is 25.3 Å². The quantitative estimate of drug-likeness (QED) is 0.679. The number of aromatic nitrogens is 2. The van der Waals surface area contributed by atoms with Gasteiger partial charge in [-0.1, -0.05) is 0 Å². The molecule has 1 aliphatic heterocycles. The molecule has 0 saturated heterocycles. The van der Waals surface area contributed by atoms with Gasteiger partial charge in [0.1, 0.15) is 0 Å². The van der Waals surface area contributed by atoms with E-state index >= 15 is 0 Å². The van der Waals surface area contributed by atoms with E-state index in [9.17, 15) is 0 Å². The molecule has 0 radical (unpaired) electrons. The van der Waals surface area contributed by atoms with E-state index in [0.29, 0.717) is 6.04 Å². The number of rotatable bonds is 1. The standard InChI is InChI=1S/C11H19N3/c1-10(2)13-7-3-4-8-14-11(9-13)5-6-12-14/h5-6,10H,3-4,7-9H2,1-2H3. The Morgan fingerprint density at radius 2 is 2.07 bits per heavy atom. The maximum Gasteiger partial charge on any atom is 0.0524 e.